The highest BCUT2D eigenvalue weighted by Gasteiger charge is 2.22. The molecule has 0 saturated carbocycles. The predicted molar refractivity (Wildman–Crippen MR) is 54.6 cm³/mol. The Morgan fingerprint density at radius 1 is 1.47 bits per heavy atom. The molecule has 1 saturated heterocycles. The summed E-state index contributed by atoms with van der Waals surface area (Å²) in [4.78, 5) is 6.60. The lowest BCUT2D eigenvalue weighted by molar-refractivity contribution is 0.247. The Morgan fingerprint density at radius 2 is 2.20 bits per heavy atom. The largest absolute Gasteiger partial charge is 0.396 e. The molecule has 1 aromatic rings. The van der Waals surface area contributed by atoms with Crippen molar-refractivity contribution in [2.75, 3.05) is 26.7 Å². The van der Waals surface area contributed by atoms with Gasteiger partial charge in [0.05, 0.1) is 13.0 Å². The highest BCUT2D eigenvalue weighted by Crippen LogP contribution is 2.24. The number of rotatable bonds is 3. The Balaban J connectivity index is 1.96. The smallest absolute Gasteiger partial charge is 0.228 e. The van der Waals surface area contributed by atoms with Crippen molar-refractivity contribution in [1.29, 1.82) is 0 Å². The van der Waals surface area contributed by atoms with E-state index in [0.29, 0.717) is 18.2 Å². The van der Waals surface area contributed by atoms with E-state index in [4.69, 9.17) is 9.63 Å². The normalized spacial score (nSPS) is 19.6. The number of hydrogen-bond acceptors (Lipinski definition) is 5. The summed E-state index contributed by atoms with van der Waals surface area (Å²) in [6, 6.07) is 0. The van der Waals surface area contributed by atoms with Crippen molar-refractivity contribution in [2.24, 2.45) is 0 Å². The fourth-order valence-corrected chi connectivity index (χ4v) is 1.90. The molecule has 0 spiro atoms. The maximum absolute atomic E-state index is 8.74. The molecule has 2 rings (SSSR count). The van der Waals surface area contributed by atoms with E-state index in [1.807, 2.05) is 0 Å². The van der Waals surface area contributed by atoms with Crippen LogP contribution in [0.15, 0.2) is 4.52 Å². The minimum Gasteiger partial charge on any atom is -0.396 e. The van der Waals surface area contributed by atoms with Crippen molar-refractivity contribution in [2.45, 2.75) is 25.2 Å². The SMILES string of the molecule is CN1CCC(c2noc(CCO)n2)CC1. The Morgan fingerprint density at radius 3 is 2.87 bits per heavy atom. The predicted octanol–water partition coefficient (Wildman–Crippen LogP) is 0.414. The molecule has 0 radical (unpaired) electrons. The number of nitrogens with zero attached hydrogens (tertiary/aromatic N) is 3. The van der Waals surface area contributed by atoms with Gasteiger partial charge in [-0.1, -0.05) is 5.16 Å². The van der Waals surface area contributed by atoms with Crippen LogP contribution in [0.25, 0.3) is 0 Å². The van der Waals surface area contributed by atoms with Gasteiger partial charge in [-0.05, 0) is 33.0 Å². The highest BCUT2D eigenvalue weighted by atomic mass is 16.5. The molecule has 2 heterocycles. The van der Waals surface area contributed by atoms with Crippen molar-refractivity contribution in [3.63, 3.8) is 0 Å². The summed E-state index contributed by atoms with van der Waals surface area (Å²) in [6.45, 7) is 2.25. The van der Waals surface area contributed by atoms with E-state index in [1.165, 1.54) is 0 Å². The Bertz CT molecular complexity index is 305. The minimum atomic E-state index is 0.0645. The maximum Gasteiger partial charge on any atom is 0.228 e. The van der Waals surface area contributed by atoms with E-state index < -0.39 is 0 Å². The van der Waals surface area contributed by atoms with Gasteiger partial charge in [-0.3, -0.25) is 0 Å². The first-order valence-electron chi connectivity index (χ1n) is 5.41. The first-order valence-corrected chi connectivity index (χ1v) is 5.41. The second-order valence-electron chi connectivity index (χ2n) is 4.10. The number of aromatic nitrogens is 2. The van der Waals surface area contributed by atoms with Crippen LogP contribution in [0.3, 0.4) is 0 Å². The molecule has 15 heavy (non-hydrogen) atoms. The van der Waals surface area contributed by atoms with E-state index in [9.17, 15) is 0 Å². The molecule has 0 amide bonds. The molecule has 0 aliphatic carbocycles. The van der Waals surface area contributed by atoms with Gasteiger partial charge in [0.1, 0.15) is 0 Å². The van der Waals surface area contributed by atoms with Crippen LogP contribution in [0.5, 0.6) is 0 Å². The van der Waals surface area contributed by atoms with Crippen LogP contribution in [-0.4, -0.2) is 46.9 Å². The monoisotopic (exact) mass is 211 g/mol. The molecule has 0 bridgehead atoms. The second-order valence-corrected chi connectivity index (χ2v) is 4.10. The lowest BCUT2D eigenvalue weighted by atomic mass is 9.97. The third-order valence-corrected chi connectivity index (χ3v) is 2.89. The van der Waals surface area contributed by atoms with E-state index in [0.717, 1.165) is 31.8 Å². The fourth-order valence-electron chi connectivity index (χ4n) is 1.90. The molecule has 0 unspecified atom stereocenters. The van der Waals surface area contributed by atoms with Crippen LogP contribution >= 0.6 is 0 Å². The van der Waals surface area contributed by atoms with Crippen molar-refractivity contribution in [3.8, 4) is 0 Å². The van der Waals surface area contributed by atoms with E-state index >= 15 is 0 Å². The van der Waals surface area contributed by atoms with Crippen molar-refractivity contribution >= 4 is 0 Å². The number of hydrogen-bond donors (Lipinski definition) is 1. The van der Waals surface area contributed by atoms with Gasteiger partial charge >= 0.3 is 0 Å². The Kier molecular flexibility index (Phi) is 3.33. The van der Waals surface area contributed by atoms with Gasteiger partial charge in [-0.15, -0.1) is 0 Å². The van der Waals surface area contributed by atoms with Crippen LogP contribution in [0, 0.1) is 0 Å². The zero-order chi connectivity index (χ0) is 10.7. The van der Waals surface area contributed by atoms with Gasteiger partial charge in [0, 0.05) is 5.92 Å². The number of aliphatic hydroxyl groups excluding tert-OH is 1. The van der Waals surface area contributed by atoms with E-state index in [2.05, 4.69) is 22.1 Å². The molecule has 0 atom stereocenters. The highest BCUT2D eigenvalue weighted by molar-refractivity contribution is 4.97. The van der Waals surface area contributed by atoms with Gasteiger partial charge in [-0.25, -0.2) is 0 Å². The number of aliphatic hydroxyl groups is 1. The lowest BCUT2D eigenvalue weighted by Gasteiger charge is -2.26. The second kappa shape index (κ2) is 4.72. The zero-order valence-corrected chi connectivity index (χ0v) is 9.02. The molecular weight excluding hydrogens is 194 g/mol. The first-order chi connectivity index (χ1) is 7.29. The summed E-state index contributed by atoms with van der Waals surface area (Å²) in [5.41, 5.74) is 0. The molecule has 84 valence electrons. The fraction of sp³-hybridized carbons (Fsp3) is 0.800. The van der Waals surface area contributed by atoms with Crippen LogP contribution < -0.4 is 0 Å². The third-order valence-electron chi connectivity index (χ3n) is 2.89. The van der Waals surface area contributed by atoms with Crippen molar-refractivity contribution in [1.82, 2.24) is 15.0 Å². The molecular formula is C10H17N3O2. The quantitative estimate of drug-likeness (QED) is 0.784. The molecule has 1 N–H and O–H groups in total. The van der Waals surface area contributed by atoms with Crippen molar-refractivity contribution in [3.05, 3.63) is 11.7 Å². The molecule has 1 aliphatic rings. The molecule has 0 aromatic carbocycles. The van der Waals surface area contributed by atoms with Crippen LogP contribution in [0.4, 0.5) is 0 Å². The Labute approximate surface area is 89.1 Å². The van der Waals surface area contributed by atoms with Crippen LogP contribution in [-0.2, 0) is 6.42 Å². The summed E-state index contributed by atoms with van der Waals surface area (Å²) >= 11 is 0. The van der Waals surface area contributed by atoms with Crippen LogP contribution in [0.1, 0.15) is 30.5 Å². The molecule has 1 aromatic heterocycles. The van der Waals surface area contributed by atoms with Crippen LogP contribution in [0.2, 0.25) is 0 Å². The van der Waals surface area contributed by atoms with E-state index in [-0.39, 0.29) is 6.61 Å². The summed E-state index contributed by atoms with van der Waals surface area (Å²) in [5.74, 6) is 1.79. The van der Waals surface area contributed by atoms with Gasteiger partial charge < -0.3 is 14.5 Å². The van der Waals surface area contributed by atoms with Gasteiger partial charge in [-0.2, -0.15) is 4.98 Å². The number of piperidine rings is 1. The molecule has 5 heteroatoms. The van der Waals surface area contributed by atoms with Gasteiger partial charge in [0.2, 0.25) is 5.89 Å². The average molecular weight is 211 g/mol. The standard InChI is InChI=1S/C10H17N3O2/c1-13-5-2-8(3-6-13)10-11-9(4-7-14)15-12-10/h8,14H,2-7H2,1H3. The minimum absolute atomic E-state index is 0.0645. The summed E-state index contributed by atoms with van der Waals surface area (Å²) in [6.07, 6.45) is 2.64. The Hall–Kier alpha value is -0.940. The first kappa shape index (κ1) is 10.6. The third kappa shape index (κ3) is 2.54. The topological polar surface area (TPSA) is 62.4 Å². The summed E-state index contributed by atoms with van der Waals surface area (Å²) < 4.78 is 5.05. The maximum atomic E-state index is 8.74. The van der Waals surface area contributed by atoms with Gasteiger partial charge in [0.15, 0.2) is 5.82 Å². The number of likely N-dealkylation sites (tertiary alicyclic amines) is 1. The molecule has 1 fully saturated rings. The molecule has 5 nitrogen and oxygen atoms in total. The van der Waals surface area contributed by atoms with Crippen molar-refractivity contribution < 1.29 is 9.63 Å². The van der Waals surface area contributed by atoms with E-state index in [1.54, 1.807) is 0 Å². The lowest BCUT2D eigenvalue weighted by Crippen LogP contribution is -2.29. The average Bonchev–Trinajstić information content (AvgIpc) is 2.68. The zero-order valence-electron chi connectivity index (χ0n) is 9.02. The van der Waals surface area contributed by atoms with Gasteiger partial charge in [0.25, 0.3) is 0 Å². The summed E-state index contributed by atoms with van der Waals surface area (Å²) in [5, 5.41) is 12.7. The summed E-state index contributed by atoms with van der Waals surface area (Å²) in [7, 11) is 2.13. The molecule has 1 aliphatic heterocycles.